The van der Waals surface area contributed by atoms with Crippen molar-refractivity contribution in [3.63, 3.8) is 0 Å². The maximum absolute atomic E-state index is 10.9. The summed E-state index contributed by atoms with van der Waals surface area (Å²) in [7, 11) is 1.50. The number of nitrogens with one attached hydrogen (secondary N) is 1. The average Bonchev–Trinajstić information content (AvgIpc) is 2.34. The maximum atomic E-state index is 10.9. The molecule has 0 aromatic carbocycles. The first kappa shape index (κ1) is 13.2. The number of hydrogen-bond acceptors (Lipinski definition) is 5. The molecular formula is C11H17N3O3. The van der Waals surface area contributed by atoms with Crippen molar-refractivity contribution in [3.05, 3.63) is 12.4 Å². The molecule has 1 atom stereocenters. The largest absolute Gasteiger partial charge is 0.481 e. The topological polar surface area (TPSA) is 84.3 Å². The highest BCUT2D eigenvalue weighted by Crippen LogP contribution is 2.11. The van der Waals surface area contributed by atoms with Crippen LogP contribution in [-0.4, -0.2) is 34.7 Å². The van der Waals surface area contributed by atoms with E-state index in [1.807, 2.05) is 6.92 Å². The predicted molar refractivity (Wildman–Crippen MR) is 63.1 cm³/mol. The molecule has 0 saturated heterocycles. The Labute approximate surface area is 100 Å². The molecule has 6 heteroatoms. The van der Waals surface area contributed by atoms with E-state index in [-0.39, 0.29) is 0 Å². The molecule has 6 nitrogen and oxygen atoms in total. The lowest BCUT2D eigenvalue weighted by molar-refractivity contribution is -0.141. The molecule has 1 rings (SSSR count). The third-order valence-electron chi connectivity index (χ3n) is 2.34. The normalized spacial score (nSPS) is 11.9. The van der Waals surface area contributed by atoms with E-state index in [0.29, 0.717) is 24.7 Å². The number of aliphatic carboxylic acids is 1. The van der Waals surface area contributed by atoms with Crippen LogP contribution in [0, 0.1) is 5.92 Å². The fourth-order valence-corrected chi connectivity index (χ4v) is 1.42. The van der Waals surface area contributed by atoms with E-state index in [0.717, 1.165) is 6.42 Å². The monoisotopic (exact) mass is 239 g/mol. The number of carboxylic acids is 1. The Balaban J connectivity index is 2.55. The lowest BCUT2D eigenvalue weighted by Gasteiger charge is -2.12. The van der Waals surface area contributed by atoms with Crippen molar-refractivity contribution < 1.29 is 14.6 Å². The molecule has 0 aliphatic carbocycles. The zero-order valence-corrected chi connectivity index (χ0v) is 10.0. The van der Waals surface area contributed by atoms with Crippen LogP contribution < -0.4 is 10.1 Å². The Morgan fingerprint density at radius 3 is 2.94 bits per heavy atom. The van der Waals surface area contributed by atoms with E-state index in [1.54, 1.807) is 0 Å². The van der Waals surface area contributed by atoms with Gasteiger partial charge in [-0.25, -0.2) is 0 Å². The number of methoxy groups -OCH3 is 1. The standard InChI is InChI=1S/C11H17N3O3/c1-3-4-8(11(15)16)5-13-9-6-12-7-10(14-9)17-2/h6-8H,3-5H2,1-2H3,(H,13,14)(H,15,16). The molecular weight excluding hydrogens is 222 g/mol. The predicted octanol–water partition coefficient (Wildman–Crippen LogP) is 1.40. The Hall–Kier alpha value is -1.85. The lowest BCUT2D eigenvalue weighted by Crippen LogP contribution is -2.23. The number of hydrogen-bond donors (Lipinski definition) is 2. The van der Waals surface area contributed by atoms with Crippen molar-refractivity contribution in [3.8, 4) is 5.88 Å². The maximum Gasteiger partial charge on any atom is 0.308 e. The van der Waals surface area contributed by atoms with Gasteiger partial charge >= 0.3 is 5.97 Å². The van der Waals surface area contributed by atoms with Crippen molar-refractivity contribution in [1.82, 2.24) is 9.97 Å². The van der Waals surface area contributed by atoms with Crippen LogP contribution in [-0.2, 0) is 4.79 Å². The number of nitrogens with zero attached hydrogens (tertiary/aromatic N) is 2. The molecule has 94 valence electrons. The molecule has 1 heterocycles. The molecule has 0 fully saturated rings. The molecule has 0 aliphatic rings. The number of aromatic nitrogens is 2. The highest BCUT2D eigenvalue weighted by molar-refractivity contribution is 5.70. The van der Waals surface area contributed by atoms with Gasteiger partial charge in [0.15, 0.2) is 0 Å². The summed E-state index contributed by atoms with van der Waals surface area (Å²) in [6, 6.07) is 0. The van der Waals surface area contributed by atoms with E-state index in [1.165, 1.54) is 19.5 Å². The summed E-state index contributed by atoms with van der Waals surface area (Å²) in [5.41, 5.74) is 0. The van der Waals surface area contributed by atoms with Crippen molar-refractivity contribution in [2.75, 3.05) is 19.0 Å². The zero-order chi connectivity index (χ0) is 12.7. The number of carboxylic acid groups (broad SMARTS) is 1. The molecule has 0 radical (unpaired) electrons. The molecule has 0 amide bonds. The first-order valence-corrected chi connectivity index (χ1v) is 5.50. The molecule has 1 aromatic heterocycles. The number of ether oxygens (including phenoxy) is 1. The average molecular weight is 239 g/mol. The molecule has 1 unspecified atom stereocenters. The first-order chi connectivity index (χ1) is 8.17. The van der Waals surface area contributed by atoms with Crippen LogP contribution in [0.25, 0.3) is 0 Å². The van der Waals surface area contributed by atoms with E-state index in [2.05, 4.69) is 15.3 Å². The molecule has 0 saturated carbocycles. The van der Waals surface area contributed by atoms with Crippen molar-refractivity contribution in [2.45, 2.75) is 19.8 Å². The summed E-state index contributed by atoms with van der Waals surface area (Å²) in [4.78, 5) is 19.0. The highest BCUT2D eigenvalue weighted by Gasteiger charge is 2.16. The van der Waals surface area contributed by atoms with Crippen LogP contribution in [0.15, 0.2) is 12.4 Å². The van der Waals surface area contributed by atoms with E-state index in [4.69, 9.17) is 9.84 Å². The number of carbonyl (C=O) groups is 1. The molecule has 0 bridgehead atoms. The van der Waals surface area contributed by atoms with Gasteiger partial charge in [-0.3, -0.25) is 9.78 Å². The number of rotatable bonds is 7. The quantitative estimate of drug-likeness (QED) is 0.748. The zero-order valence-electron chi connectivity index (χ0n) is 10.0. The third kappa shape index (κ3) is 4.26. The fourth-order valence-electron chi connectivity index (χ4n) is 1.42. The molecule has 2 N–H and O–H groups in total. The molecule has 17 heavy (non-hydrogen) atoms. The van der Waals surface area contributed by atoms with Crippen LogP contribution in [0.3, 0.4) is 0 Å². The SMILES string of the molecule is CCCC(CNc1cncc(OC)n1)C(=O)O. The second-order valence-electron chi connectivity index (χ2n) is 3.65. The van der Waals surface area contributed by atoms with E-state index in [9.17, 15) is 4.79 Å². The van der Waals surface area contributed by atoms with Gasteiger partial charge in [0, 0.05) is 6.54 Å². The molecule has 1 aromatic rings. The van der Waals surface area contributed by atoms with Gasteiger partial charge in [-0.05, 0) is 6.42 Å². The van der Waals surface area contributed by atoms with Crippen LogP contribution in [0.5, 0.6) is 5.88 Å². The summed E-state index contributed by atoms with van der Waals surface area (Å²) in [5.74, 6) is -0.285. The summed E-state index contributed by atoms with van der Waals surface area (Å²) in [6.07, 6.45) is 4.50. The van der Waals surface area contributed by atoms with Gasteiger partial charge in [0.1, 0.15) is 5.82 Å². The van der Waals surface area contributed by atoms with Crippen LogP contribution in [0.2, 0.25) is 0 Å². The van der Waals surface area contributed by atoms with Crippen molar-refractivity contribution in [2.24, 2.45) is 5.92 Å². The van der Waals surface area contributed by atoms with Gasteiger partial charge < -0.3 is 15.2 Å². The number of anilines is 1. The molecule has 0 spiro atoms. The second-order valence-corrected chi connectivity index (χ2v) is 3.65. The Bertz CT molecular complexity index is 371. The fraction of sp³-hybridized carbons (Fsp3) is 0.545. The van der Waals surface area contributed by atoms with Crippen LogP contribution >= 0.6 is 0 Å². The van der Waals surface area contributed by atoms with Crippen LogP contribution in [0.4, 0.5) is 5.82 Å². The van der Waals surface area contributed by atoms with Crippen molar-refractivity contribution >= 4 is 11.8 Å². The summed E-state index contributed by atoms with van der Waals surface area (Å²) < 4.78 is 4.93. The Morgan fingerprint density at radius 2 is 2.35 bits per heavy atom. The second kappa shape index (κ2) is 6.67. The van der Waals surface area contributed by atoms with Gasteiger partial charge in [0.05, 0.1) is 25.4 Å². The summed E-state index contributed by atoms with van der Waals surface area (Å²) >= 11 is 0. The van der Waals surface area contributed by atoms with E-state index < -0.39 is 11.9 Å². The smallest absolute Gasteiger partial charge is 0.308 e. The first-order valence-electron chi connectivity index (χ1n) is 5.50. The minimum Gasteiger partial charge on any atom is -0.481 e. The third-order valence-corrected chi connectivity index (χ3v) is 2.34. The van der Waals surface area contributed by atoms with Gasteiger partial charge in [-0.15, -0.1) is 0 Å². The minimum atomic E-state index is -0.796. The van der Waals surface area contributed by atoms with Gasteiger partial charge in [0.25, 0.3) is 0 Å². The lowest BCUT2D eigenvalue weighted by atomic mass is 10.0. The minimum absolute atomic E-state index is 0.338. The van der Waals surface area contributed by atoms with Gasteiger partial charge in [-0.1, -0.05) is 13.3 Å². The van der Waals surface area contributed by atoms with Gasteiger partial charge in [-0.2, -0.15) is 4.98 Å². The summed E-state index contributed by atoms with van der Waals surface area (Å²) in [6.45, 7) is 2.30. The Morgan fingerprint density at radius 1 is 1.59 bits per heavy atom. The van der Waals surface area contributed by atoms with E-state index >= 15 is 0 Å². The van der Waals surface area contributed by atoms with Crippen molar-refractivity contribution in [1.29, 1.82) is 0 Å². The highest BCUT2D eigenvalue weighted by atomic mass is 16.5. The van der Waals surface area contributed by atoms with Crippen LogP contribution in [0.1, 0.15) is 19.8 Å². The Kier molecular flexibility index (Phi) is 5.19. The van der Waals surface area contributed by atoms with Gasteiger partial charge in [0.2, 0.25) is 5.88 Å². The summed E-state index contributed by atoms with van der Waals surface area (Å²) in [5, 5.41) is 11.9. The molecule has 0 aliphatic heterocycles.